The molecule has 4 heterocycles. The van der Waals surface area contributed by atoms with E-state index in [1.165, 1.54) is 13.2 Å². The third kappa shape index (κ3) is 4.51. The van der Waals surface area contributed by atoms with E-state index in [2.05, 4.69) is 26.3 Å². The number of hydrogen-bond acceptors (Lipinski definition) is 6. The van der Waals surface area contributed by atoms with E-state index < -0.39 is 0 Å². The summed E-state index contributed by atoms with van der Waals surface area (Å²) in [7, 11) is 1.49. The molecule has 0 radical (unpaired) electrons. The molecular formula is C27H26N6O3S. The van der Waals surface area contributed by atoms with Crippen LogP contribution in [0.5, 0.6) is 5.75 Å². The van der Waals surface area contributed by atoms with Gasteiger partial charge in [0.15, 0.2) is 5.11 Å². The van der Waals surface area contributed by atoms with E-state index in [4.69, 9.17) is 17.0 Å². The maximum atomic E-state index is 12.0. The summed E-state index contributed by atoms with van der Waals surface area (Å²) in [5.74, 6) is 0.432. The number of ether oxygens (including phenoxy) is 1. The van der Waals surface area contributed by atoms with Crippen molar-refractivity contribution >= 4 is 23.0 Å². The van der Waals surface area contributed by atoms with Gasteiger partial charge >= 0.3 is 0 Å². The lowest BCUT2D eigenvalue weighted by atomic mass is 9.96. The molecule has 37 heavy (non-hydrogen) atoms. The minimum absolute atomic E-state index is 0.0266. The quantitative estimate of drug-likeness (QED) is 0.210. The molecule has 9 nitrogen and oxygen atoms in total. The molecule has 3 aromatic heterocycles. The number of hydrogen-bond donors (Lipinski definition) is 1. The van der Waals surface area contributed by atoms with Crippen LogP contribution in [0, 0.1) is 24.0 Å². The summed E-state index contributed by atoms with van der Waals surface area (Å²) >= 11 is 5.81. The molecule has 0 amide bonds. The molecule has 0 spiro atoms. The lowest BCUT2D eigenvalue weighted by molar-refractivity contribution is -0.384. The van der Waals surface area contributed by atoms with Crippen LogP contribution in [0.1, 0.15) is 40.3 Å². The number of nitrogens with zero attached hydrogens (tertiary/aromatic N) is 5. The molecule has 0 aliphatic carbocycles. The van der Waals surface area contributed by atoms with Gasteiger partial charge in [-0.3, -0.25) is 20.1 Å². The molecule has 1 fully saturated rings. The number of benzene rings is 1. The number of rotatable bonds is 7. The second-order valence-corrected chi connectivity index (χ2v) is 9.28. The van der Waals surface area contributed by atoms with Crippen molar-refractivity contribution in [3.05, 3.63) is 112 Å². The van der Waals surface area contributed by atoms with Gasteiger partial charge < -0.3 is 19.5 Å². The minimum Gasteiger partial charge on any atom is -0.496 e. The fourth-order valence-corrected chi connectivity index (χ4v) is 5.33. The van der Waals surface area contributed by atoms with Gasteiger partial charge in [0.1, 0.15) is 11.4 Å². The molecule has 5 rings (SSSR count). The second kappa shape index (κ2) is 9.98. The fourth-order valence-electron chi connectivity index (χ4n) is 5.03. The van der Waals surface area contributed by atoms with Crippen LogP contribution in [-0.4, -0.2) is 36.6 Å². The highest BCUT2D eigenvalue weighted by Gasteiger charge is 2.41. The molecule has 0 saturated carbocycles. The minimum atomic E-state index is -0.381. The summed E-state index contributed by atoms with van der Waals surface area (Å²) in [6.07, 6.45) is 5.34. The smallest absolute Gasteiger partial charge is 0.296 e. The van der Waals surface area contributed by atoms with E-state index in [1.54, 1.807) is 24.5 Å². The Bertz CT molecular complexity index is 1460. The van der Waals surface area contributed by atoms with Crippen molar-refractivity contribution in [2.45, 2.75) is 32.5 Å². The van der Waals surface area contributed by atoms with Crippen LogP contribution in [0.25, 0.3) is 5.69 Å². The van der Waals surface area contributed by atoms with Gasteiger partial charge in [-0.2, -0.15) is 0 Å². The average Bonchev–Trinajstić information content (AvgIpc) is 3.39. The summed E-state index contributed by atoms with van der Waals surface area (Å²) < 4.78 is 7.16. The van der Waals surface area contributed by atoms with Crippen molar-refractivity contribution < 1.29 is 9.66 Å². The van der Waals surface area contributed by atoms with Crippen molar-refractivity contribution in [3.8, 4) is 11.4 Å². The van der Waals surface area contributed by atoms with E-state index in [-0.39, 0.29) is 22.7 Å². The van der Waals surface area contributed by atoms with Crippen molar-refractivity contribution in [3.63, 3.8) is 0 Å². The number of nitro groups is 1. The van der Waals surface area contributed by atoms with Gasteiger partial charge in [-0.25, -0.2) is 0 Å². The van der Waals surface area contributed by atoms with E-state index in [0.29, 0.717) is 23.1 Å². The van der Waals surface area contributed by atoms with Crippen LogP contribution in [-0.2, 0) is 6.54 Å². The lowest BCUT2D eigenvalue weighted by Crippen LogP contribution is -2.29. The monoisotopic (exact) mass is 514 g/mol. The zero-order valence-electron chi connectivity index (χ0n) is 20.7. The predicted molar refractivity (Wildman–Crippen MR) is 144 cm³/mol. The van der Waals surface area contributed by atoms with Crippen molar-refractivity contribution in [1.82, 2.24) is 24.8 Å². The molecular weight excluding hydrogens is 488 g/mol. The number of nitrogens with one attached hydrogen (secondary N) is 1. The summed E-state index contributed by atoms with van der Waals surface area (Å²) in [6.45, 7) is 4.49. The molecule has 0 bridgehead atoms. The number of aromatic nitrogens is 3. The van der Waals surface area contributed by atoms with Gasteiger partial charge in [0, 0.05) is 36.5 Å². The second-order valence-electron chi connectivity index (χ2n) is 8.89. The van der Waals surface area contributed by atoms with Crippen molar-refractivity contribution in [1.29, 1.82) is 0 Å². The highest BCUT2D eigenvalue weighted by Crippen LogP contribution is 2.43. The van der Waals surface area contributed by atoms with Crippen LogP contribution < -0.4 is 10.1 Å². The fraction of sp³-hybridized carbons (Fsp3) is 0.222. The molecule has 2 atom stereocenters. The average molecular weight is 515 g/mol. The number of aryl methyl sites for hydroxylation is 1. The predicted octanol–water partition coefficient (Wildman–Crippen LogP) is 4.97. The topological polar surface area (TPSA) is 98.3 Å². The van der Waals surface area contributed by atoms with Gasteiger partial charge in [0.05, 0.1) is 35.9 Å². The van der Waals surface area contributed by atoms with E-state index >= 15 is 0 Å². The molecule has 0 unspecified atom stereocenters. The van der Waals surface area contributed by atoms with Crippen LogP contribution >= 0.6 is 12.2 Å². The van der Waals surface area contributed by atoms with E-state index in [9.17, 15) is 10.1 Å². The first kappa shape index (κ1) is 24.4. The standard InChI is InChI=1S/C27H26N6O3S/c1-17-13-21(18(2)32(17)23-10-9-20(36-3)14-24(23)33(34)35)26-25(22-8-4-5-12-29-22)30-27(37)31(26)16-19-7-6-11-28-15-19/h4-15,25-26H,16H2,1-3H3,(H,30,37)/t25-,26-/m1/s1. The number of nitro benzene ring substituents is 1. The van der Waals surface area contributed by atoms with Gasteiger partial charge in [-0.1, -0.05) is 12.1 Å². The highest BCUT2D eigenvalue weighted by molar-refractivity contribution is 7.80. The zero-order valence-corrected chi connectivity index (χ0v) is 21.5. The molecule has 1 N–H and O–H groups in total. The summed E-state index contributed by atoms with van der Waals surface area (Å²) in [5, 5.41) is 16.1. The summed E-state index contributed by atoms with van der Waals surface area (Å²) in [6, 6.07) is 16.3. The van der Waals surface area contributed by atoms with Crippen LogP contribution in [0.4, 0.5) is 5.69 Å². The summed E-state index contributed by atoms with van der Waals surface area (Å²) in [4.78, 5) is 22.6. The number of thiocarbonyl (C=S) groups is 1. The van der Waals surface area contributed by atoms with Gasteiger partial charge in [-0.05, 0) is 73.6 Å². The SMILES string of the molecule is COc1ccc(-n2c(C)cc([C@@H]3[C@@H](c4ccccn4)NC(=S)N3Cc3cccnc3)c2C)c([N+](=O)[O-])c1. The van der Waals surface area contributed by atoms with Gasteiger partial charge in [0.25, 0.3) is 5.69 Å². The zero-order chi connectivity index (χ0) is 26.1. The normalized spacial score (nSPS) is 17.1. The highest BCUT2D eigenvalue weighted by atomic mass is 32.1. The van der Waals surface area contributed by atoms with Crippen LogP contribution in [0.3, 0.4) is 0 Å². The molecule has 1 aliphatic heterocycles. The van der Waals surface area contributed by atoms with E-state index in [0.717, 1.165) is 28.2 Å². The first-order valence-corrected chi connectivity index (χ1v) is 12.2. The Balaban J connectivity index is 1.65. The molecule has 10 heteroatoms. The first-order chi connectivity index (χ1) is 17.9. The molecule has 1 saturated heterocycles. The number of methoxy groups -OCH3 is 1. The Hall–Kier alpha value is -4.31. The number of pyridine rings is 2. The third-order valence-electron chi connectivity index (χ3n) is 6.68. The van der Waals surface area contributed by atoms with Crippen molar-refractivity contribution in [2.75, 3.05) is 7.11 Å². The Labute approximate surface area is 219 Å². The van der Waals surface area contributed by atoms with Crippen LogP contribution in [0.15, 0.2) is 73.2 Å². The van der Waals surface area contributed by atoms with Gasteiger partial charge in [-0.15, -0.1) is 0 Å². The maximum absolute atomic E-state index is 12.0. The van der Waals surface area contributed by atoms with Crippen LogP contribution in [0.2, 0.25) is 0 Å². The van der Waals surface area contributed by atoms with Gasteiger partial charge in [0.2, 0.25) is 0 Å². The summed E-state index contributed by atoms with van der Waals surface area (Å²) in [5.41, 5.74) is 5.12. The Morgan fingerprint density at radius 2 is 1.97 bits per heavy atom. The largest absolute Gasteiger partial charge is 0.496 e. The first-order valence-electron chi connectivity index (χ1n) is 11.8. The Kier molecular flexibility index (Phi) is 6.58. The molecule has 1 aliphatic rings. The van der Waals surface area contributed by atoms with E-state index in [1.807, 2.05) is 54.9 Å². The molecule has 4 aromatic rings. The lowest BCUT2D eigenvalue weighted by Gasteiger charge is -2.28. The Morgan fingerprint density at radius 1 is 1.14 bits per heavy atom. The molecule has 188 valence electrons. The third-order valence-corrected chi connectivity index (χ3v) is 7.03. The molecule has 1 aromatic carbocycles. The maximum Gasteiger partial charge on any atom is 0.296 e. The van der Waals surface area contributed by atoms with Crippen molar-refractivity contribution in [2.24, 2.45) is 0 Å². The Morgan fingerprint density at radius 3 is 2.65 bits per heavy atom.